The smallest absolute Gasteiger partial charge is 0.318 e. The third kappa shape index (κ3) is 15.2. The van der Waals surface area contributed by atoms with Crippen LogP contribution in [-0.4, -0.2) is 70.4 Å². The molecule has 0 unspecified atom stereocenters. The van der Waals surface area contributed by atoms with E-state index in [1.165, 1.54) is 22.6 Å². The second-order valence-corrected chi connectivity index (χ2v) is 4.30. The van der Waals surface area contributed by atoms with Gasteiger partial charge in [0.1, 0.15) is 0 Å². The van der Waals surface area contributed by atoms with E-state index < -0.39 is 0 Å². The van der Waals surface area contributed by atoms with Crippen LogP contribution >= 0.6 is 0 Å². The Balaban J connectivity index is 0. The molecule has 0 aliphatic carbocycles. The Hall–Kier alpha value is -0.810. The Morgan fingerprint density at radius 2 is 1.11 bits per heavy atom. The van der Waals surface area contributed by atoms with Crippen LogP contribution in [0.4, 0.5) is 4.79 Å². The fourth-order valence-corrected chi connectivity index (χ4v) is 0.840. The summed E-state index contributed by atoms with van der Waals surface area (Å²) >= 11 is 0. The summed E-state index contributed by atoms with van der Waals surface area (Å²) in [5.74, 6) is 0. The molecule has 5 nitrogen and oxygen atoms in total. The molecule has 1 heterocycles. The number of urea groups is 1. The van der Waals surface area contributed by atoms with Crippen LogP contribution in [0.15, 0.2) is 0 Å². The Labute approximate surface area is 112 Å². The summed E-state index contributed by atoms with van der Waals surface area (Å²) < 4.78 is 9.89. The Morgan fingerprint density at radius 1 is 0.833 bits per heavy atom. The predicted octanol–water partition coefficient (Wildman–Crippen LogP) is 2.07. The van der Waals surface area contributed by atoms with Gasteiger partial charge in [-0.3, -0.25) is 0 Å². The number of nitrogens with zero attached hydrogens (tertiary/aromatic N) is 2. The molecule has 18 heavy (non-hydrogen) atoms. The Kier molecular flexibility index (Phi) is 15.5. The standard InChI is InChI=1S/C5H12N2O.C4H8O2.C4H10/c1-6(2)5(8)7(3)4;1-2-6-4-3-5-1;1-3-4-2/h1-4H3;1-4H2;3-4H2,1-2H3. The van der Waals surface area contributed by atoms with Gasteiger partial charge >= 0.3 is 6.03 Å². The van der Waals surface area contributed by atoms with Gasteiger partial charge in [0.05, 0.1) is 26.4 Å². The van der Waals surface area contributed by atoms with Crippen molar-refractivity contribution < 1.29 is 14.3 Å². The normalized spacial score (nSPS) is 13.4. The number of carbonyl (C=O) groups is 1. The molecule has 0 N–H and O–H groups in total. The Morgan fingerprint density at radius 3 is 1.17 bits per heavy atom. The van der Waals surface area contributed by atoms with Crippen LogP contribution in [0, 0.1) is 0 Å². The average Bonchev–Trinajstić information content (AvgIpc) is 2.40. The highest BCUT2D eigenvalue weighted by Crippen LogP contribution is 1.85. The maximum atomic E-state index is 10.7. The van der Waals surface area contributed by atoms with E-state index in [1.807, 2.05) is 0 Å². The van der Waals surface area contributed by atoms with Crippen molar-refractivity contribution in [3.8, 4) is 0 Å². The fraction of sp³-hybridized carbons (Fsp3) is 0.923. The molecule has 2 amide bonds. The summed E-state index contributed by atoms with van der Waals surface area (Å²) in [7, 11) is 6.90. The van der Waals surface area contributed by atoms with Gasteiger partial charge in [-0.05, 0) is 0 Å². The summed E-state index contributed by atoms with van der Waals surface area (Å²) in [6, 6.07) is 0.0185. The maximum absolute atomic E-state index is 10.7. The van der Waals surface area contributed by atoms with Gasteiger partial charge in [0.15, 0.2) is 0 Å². The van der Waals surface area contributed by atoms with E-state index in [4.69, 9.17) is 9.47 Å². The number of hydrogen-bond donors (Lipinski definition) is 0. The van der Waals surface area contributed by atoms with E-state index in [2.05, 4.69) is 13.8 Å². The molecule has 0 saturated carbocycles. The fourth-order valence-electron chi connectivity index (χ4n) is 0.840. The zero-order valence-corrected chi connectivity index (χ0v) is 12.9. The first kappa shape index (κ1) is 19.5. The third-order valence-corrected chi connectivity index (χ3v) is 2.01. The lowest BCUT2D eigenvalue weighted by atomic mass is 10.4. The van der Waals surface area contributed by atoms with Gasteiger partial charge in [0.2, 0.25) is 0 Å². The lowest BCUT2D eigenvalue weighted by molar-refractivity contribution is -0.0334. The highest BCUT2D eigenvalue weighted by molar-refractivity contribution is 5.72. The predicted molar refractivity (Wildman–Crippen MR) is 75.0 cm³/mol. The first-order valence-electron chi connectivity index (χ1n) is 6.51. The van der Waals surface area contributed by atoms with Crippen molar-refractivity contribution in [2.75, 3.05) is 54.6 Å². The molecular formula is C13H30N2O3. The third-order valence-electron chi connectivity index (χ3n) is 2.01. The molecule has 0 aromatic carbocycles. The minimum Gasteiger partial charge on any atom is -0.377 e. The van der Waals surface area contributed by atoms with Crippen molar-refractivity contribution in [3.05, 3.63) is 0 Å². The molecule has 1 fully saturated rings. The first-order valence-corrected chi connectivity index (χ1v) is 6.51. The zero-order valence-electron chi connectivity index (χ0n) is 12.9. The number of hydrogen-bond acceptors (Lipinski definition) is 3. The van der Waals surface area contributed by atoms with Gasteiger partial charge in [0.25, 0.3) is 0 Å². The van der Waals surface area contributed by atoms with E-state index >= 15 is 0 Å². The van der Waals surface area contributed by atoms with Crippen molar-refractivity contribution in [2.45, 2.75) is 26.7 Å². The van der Waals surface area contributed by atoms with Gasteiger partial charge in [0, 0.05) is 28.2 Å². The topological polar surface area (TPSA) is 42.0 Å². The average molecular weight is 262 g/mol. The van der Waals surface area contributed by atoms with Gasteiger partial charge in [-0.15, -0.1) is 0 Å². The zero-order chi connectivity index (χ0) is 14.4. The molecule has 1 aliphatic rings. The summed E-state index contributed by atoms with van der Waals surface area (Å²) in [5, 5.41) is 0. The molecule has 0 bridgehead atoms. The molecule has 0 aromatic heterocycles. The number of unbranched alkanes of at least 4 members (excludes halogenated alkanes) is 1. The minimum absolute atomic E-state index is 0.0185. The SMILES string of the molecule is C1COCCO1.CCCC.CN(C)C(=O)N(C)C. The number of ether oxygens (including phenoxy) is 2. The molecule has 1 rings (SSSR count). The quantitative estimate of drug-likeness (QED) is 0.726. The molecule has 110 valence electrons. The molecule has 1 saturated heterocycles. The van der Waals surface area contributed by atoms with Crippen molar-refractivity contribution in [1.82, 2.24) is 9.80 Å². The molecular weight excluding hydrogens is 232 g/mol. The lowest BCUT2D eigenvalue weighted by Crippen LogP contribution is -2.33. The molecule has 0 aromatic rings. The minimum atomic E-state index is 0.0185. The summed E-state index contributed by atoms with van der Waals surface area (Å²) in [6.45, 7) is 7.47. The van der Waals surface area contributed by atoms with Crippen LogP contribution in [0.2, 0.25) is 0 Å². The molecule has 0 atom stereocenters. The van der Waals surface area contributed by atoms with Crippen molar-refractivity contribution in [1.29, 1.82) is 0 Å². The first-order chi connectivity index (χ1) is 8.47. The van der Waals surface area contributed by atoms with Crippen LogP contribution in [0.5, 0.6) is 0 Å². The van der Waals surface area contributed by atoms with Crippen LogP contribution in [0.25, 0.3) is 0 Å². The van der Waals surface area contributed by atoms with Crippen LogP contribution in [-0.2, 0) is 9.47 Å². The van der Waals surface area contributed by atoms with Gasteiger partial charge in [-0.25, -0.2) is 4.79 Å². The monoisotopic (exact) mass is 262 g/mol. The lowest BCUT2D eigenvalue weighted by Gasteiger charge is -2.16. The number of carbonyl (C=O) groups excluding carboxylic acids is 1. The largest absolute Gasteiger partial charge is 0.377 e. The van der Waals surface area contributed by atoms with Crippen molar-refractivity contribution in [3.63, 3.8) is 0 Å². The number of amides is 2. The summed E-state index contributed by atoms with van der Waals surface area (Å²) in [4.78, 5) is 13.8. The van der Waals surface area contributed by atoms with Crippen LogP contribution < -0.4 is 0 Å². The van der Waals surface area contributed by atoms with E-state index in [0.29, 0.717) is 0 Å². The molecule has 1 aliphatic heterocycles. The van der Waals surface area contributed by atoms with Crippen molar-refractivity contribution >= 4 is 6.03 Å². The van der Waals surface area contributed by atoms with Crippen LogP contribution in [0.1, 0.15) is 26.7 Å². The second-order valence-electron chi connectivity index (χ2n) is 4.30. The van der Waals surface area contributed by atoms with E-state index in [9.17, 15) is 4.79 Å². The van der Waals surface area contributed by atoms with Gasteiger partial charge in [-0.1, -0.05) is 26.7 Å². The maximum Gasteiger partial charge on any atom is 0.318 e. The highest BCUT2D eigenvalue weighted by atomic mass is 16.6. The van der Waals surface area contributed by atoms with E-state index in [0.717, 1.165) is 26.4 Å². The summed E-state index contributed by atoms with van der Waals surface area (Å²) in [5.41, 5.74) is 0. The van der Waals surface area contributed by atoms with E-state index in [1.54, 1.807) is 28.2 Å². The second kappa shape index (κ2) is 14.3. The van der Waals surface area contributed by atoms with Gasteiger partial charge in [-0.2, -0.15) is 0 Å². The van der Waals surface area contributed by atoms with Gasteiger partial charge < -0.3 is 19.3 Å². The Bertz CT molecular complexity index is 158. The van der Waals surface area contributed by atoms with Crippen LogP contribution in [0.3, 0.4) is 0 Å². The summed E-state index contributed by atoms with van der Waals surface area (Å²) in [6.07, 6.45) is 2.64. The number of rotatable bonds is 1. The molecule has 5 heteroatoms. The van der Waals surface area contributed by atoms with Crippen molar-refractivity contribution in [2.24, 2.45) is 0 Å². The molecule has 0 spiro atoms. The molecule has 0 radical (unpaired) electrons. The van der Waals surface area contributed by atoms with E-state index in [-0.39, 0.29) is 6.03 Å². The highest BCUT2D eigenvalue weighted by Gasteiger charge is 2.02.